The van der Waals surface area contributed by atoms with E-state index in [9.17, 15) is 13.2 Å². The lowest BCUT2D eigenvalue weighted by molar-refractivity contribution is -0.137. The zero-order valence-electron chi connectivity index (χ0n) is 12.3. The van der Waals surface area contributed by atoms with Gasteiger partial charge in [-0.15, -0.1) is 12.4 Å². The van der Waals surface area contributed by atoms with Gasteiger partial charge in [0.15, 0.2) is 0 Å². The quantitative estimate of drug-likeness (QED) is 0.873. The fraction of sp³-hybridized carbons (Fsp3) is 0.294. The number of rotatable bonds is 2. The van der Waals surface area contributed by atoms with Crippen molar-refractivity contribution in [3.05, 3.63) is 65.2 Å². The number of alkyl halides is 3. The average Bonchev–Trinajstić information content (AvgIpc) is 2.70. The highest BCUT2D eigenvalue weighted by molar-refractivity contribution is 5.85. The van der Waals surface area contributed by atoms with E-state index in [1.54, 1.807) is 0 Å². The predicted molar refractivity (Wildman–Crippen MR) is 85.1 cm³/mol. The summed E-state index contributed by atoms with van der Waals surface area (Å²) in [6.45, 7) is 1.50. The number of halogens is 4. The van der Waals surface area contributed by atoms with Crippen LogP contribution in [0, 0.1) is 0 Å². The minimum absolute atomic E-state index is 0. The first-order chi connectivity index (χ1) is 10.5. The summed E-state index contributed by atoms with van der Waals surface area (Å²) in [6, 6.07) is 12.8. The van der Waals surface area contributed by atoms with E-state index in [1.165, 1.54) is 17.7 Å². The number of fused-ring (bicyclic) bond motifs is 1. The van der Waals surface area contributed by atoms with Crippen molar-refractivity contribution in [2.75, 3.05) is 13.1 Å². The summed E-state index contributed by atoms with van der Waals surface area (Å²) in [6.07, 6.45) is -3.60. The van der Waals surface area contributed by atoms with Crippen molar-refractivity contribution < 1.29 is 17.9 Å². The second-order valence-corrected chi connectivity index (χ2v) is 5.28. The van der Waals surface area contributed by atoms with Crippen molar-refractivity contribution in [3.63, 3.8) is 0 Å². The van der Waals surface area contributed by atoms with Crippen LogP contribution in [0.4, 0.5) is 13.2 Å². The van der Waals surface area contributed by atoms with Crippen molar-refractivity contribution in [3.8, 4) is 5.75 Å². The van der Waals surface area contributed by atoms with E-state index in [0.717, 1.165) is 30.7 Å². The van der Waals surface area contributed by atoms with Crippen LogP contribution in [0.1, 0.15) is 22.8 Å². The van der Waals surface area contributed by atoms with E-state index in [0.29, 0.717) is 12.3 Å². The molecule has 0 fully saturated rings. The molecule has 0 aliphatic carbocycles. The molecule has 0 bridgehead atoms. The smallest absolute Gasteiger partial charge is 0.416 e. The van der Waals surface area contributed by atoms with Crippen LogP contribution >= 0.6 is 12.4 Å². The molecule has 0 saturated carbocycles. The minimum atomic E-state index is -4.32. The summed E-state index contributed by atoms with van der Waals surface area (Å²) in [7, 11) is 0. The van der Waals surface area contributed by atoms with Crippen molar-refractivity contribution in [2.45, 2.75) is 18.7 Å². The van der Waals surface area contributed by atoms with E-state index >= 15 is 0 Å². The van der Waals surface area contributed by atoms with E-state index < -0.39 is 11.7 Å². The molecular formula is C17H17ClF3NO. The fourth-order valence-corrected chi connectivity index (χ4v) is 2.63. The highest BCUT2D eigenvalue weighted by atomic mass is 35.5. The van der Waals surface area contributed by atoms with Gasteiger partial charge in [-0.1, -0.05) is 24.3 Å². The molecule has 3 rings (SSSR count). The molecule has 2 aromatic carbocycles. The Morgan fingerprint density at radius 2 is 1.70 bits per heavy atom. The van der Waals surface area contributed by atoms with Gasteiger partial charge in [0.05, 0.1) is 5.56 Å². The molecule has 2 aromatic rings. The van der Waals surface area contributed by atoms with Crippen LogP contribution in [0.25, 0.3) is 0 Å². The van der Waals surface area contributed by atoms with E-state index in [1.807, 2.05) is 18.2 Å². The molecule has 2 nitrogen and oxygen atoms in total. The number of ether oxygens (including phenoxy) is 1. The van der Waals surface area contributed by atoms with Gasteiger partial charge in [-0.2, -0.15) is 13.2 Å². The lowest BCUT2D eigenvalue weighted by atomic mass is 10.0. The van der Waals surface area contributed by atoms with Crippen LogP contribution in [-0.2, 0) is 12.6 Å². The van der Waals surface area contributed by atoms with Crippen molar-refractivity contribution in [1.82, 2.24) is 5.32 Å². The Bertz CT molecular complexity index is 643. The van der Waals surface area contributed by atoms with Crippen LogP contribution in [-0.4, -0.2) is 13.1 Å². The third-order valence-electron chi connectivity index (χ3n) is 3.76. The fourth-order valence-electron chi connectivity index (χ4n) is 2.63. The van der Waals surface area contributed by atoms with E-state index in [2.05, 4.69) is 11.4 Å². The highest BCUT2D eigenvalue weighted by Gasteiger charge is 2.30. The second kappa shape index (κ2) is 7.23. The summed E-state index contributed by atoms with van der Waals surface area (Å²) in [5.41, 5.74) is 1.64. The zero-order chi connectivity index (χ0) is 15.6. The van der Waals surface area contributed by atoms with Crippen molar-refractivity contribution >= 4 is 12.4 Å². The molecular weight excluding hydrogens is 327 g/mol. The maximum atomic E-state index is 12.6. The Labute approximate surface area is 139 Å². The Morgan fingerprint density at radius 3 is 2.39 bits per heavy atom. The minimum Gasteiger partial charge on any atom is -0.484 e. The number of nitrogens with one attached hydrogen (secondary N) is 1. The van der Waals surface area contributed by atoms with Crippen molar-refractivity contribution in [2.24, 2.45) is 0 Å². The zero-order valence-corrected chi connectivity index (χ0v) is 13.1. The molecule has 6 heteroatoms. The van der Waals surface area contributed by atoms with Gasteiger partial charge in [0, 0.05) is 6.54 Å². The highest BCUT2D eigenvalue weighted by Crippen LogP contribution is 2.32. The summed E-state index contributed by atoms with van der Waals surface area (Å²) >= 11 is 0. The first-order valence-electron chi connectivity index (χ1n) is 7.16. The molecule has 23 heavy (non-hydrogen) atoms. The van der Waals surface area contributed by atoms with Crippen molar-refractivity contribution in [1.29, 1.82) is 0 Å². The molecule has 0 aromatic heterocycles. The van der Waals surface area contributed by atoms with Gasteiger partial charge in [0.25, 0.3) is 0 Å². The van der Waals surface area contributed by atoms with Crippen LogP contribution in [0.5, 0.6) is 5.75 Å². The Balaban J connectivity index is 0.00000192. The van der Waals surface area contributed by atoms with Crippen LogP contribution < -0.4 is 10.1 Å². The molecule has 1 unspecified atom stereocenters. The SMILES string of the molecule is Cl.FC(F)(F)c1ccc(OC2CNCCc3ccccc32)cc1. The van der Waals surface area contributed by atoms with Gasteiger partial charge < -0.3 is 10.1 Å². The van der Waals surface area contributed by atoms with Crippen LogP contribution in [0.15, 0.2) is 48.5 Å². The van der Waals surface area contributed by atoms with Gasteiger partial charge >= 0.3 is 6.18 Å². The molecule has 1 aliphatic rings. The predicted octanol–water partition coefficient (Wildman–Crippen LogP) is 4.39. The molecule has 0 saturated heterocycles. The largest absolute Gasteiger partial charge is 0.484 e. The van der Waals surface area contributed by atoms with Gasteiger partial charge in [-0.3, -0.25) is 0 Å². The van der Waals surface area contributed by atoms with Gasteiger partial charge in [-0.25, -0.2) is 0 Å². The number of hydrogen-bond donors (Lipinski definition) is 1. The van der Waals surface area contributed by atoms with Crippen LogP contribution in [0.3, 0.4) is 0 Å². The first-order valence-corrected chi connectivity index (χ1v) is 7.16. The standard InChI is InChI=1S/C17H16F3NO.ClH/c18-17(19,20)13-5-7-14(8-6-13)22-16-11-21-10-9-12-3-1-2-4-15(12)16;/h1-8,16,21H,9-11H2;1H. The van der Waals surface area contributed by atoms with Crippen LogP contribution in [0.2, 0.25) is 0 Å². The van der Waals surface area contributed by atoms with Gasteiger partial charge in [0.1, 0.15) is 11.9 Å². The number of benzene rings is 2. The maximum absolute atomic E-state index is 12.6. The van der Waals surface area contributed by atoms with Gasteiger partial charge in [0.2, 0.25) is 0 Å². The second-order valence-electron chi connectivity index (χ2n) is 5.28. The molecule has 1 atom stereocenters. The van der Waals surface area contributed by atoms with E-state index in [4.69, 9.17) is 4.74 Å². The summed E-state index contributed by atoms with van der Waals surface area (Å²) in [5.74, 6) is 0.441. The lowest BCUT2D eigenvalue weighted by Gasteiger charge is -2.20. The van der Waals surface area contributed by atoms with Gasteiger partial charge in [-0.05, 0) is 48.4 Å². The van der Waals surface area contributed by atoms with E-state index in [-0.39, 0.29) is 18.5 Å². The number of hydrogen-bond acceptors (Lipinski definition) is 2. The Morgan fingerprint density at radius 1 is 1.00 bits per heavy atom. The summed E-state index contributed by atoms with van der Waals surface area (Å²) in [5, 5.41) is 3.30. The molecule has 0 radical (unpaired) electrons. The monoisotopic (exact) mass is 343 g/mol. The molecule has 1 heterocycles. The first kappa shape index (κ1) is 17.6. The normalized spacial score (nSPS) is 17.6. The molecule has 0 amide bonds. The molecule has 1 N–H and O–H groups in total. The Hall–Kier alpha value is -1.72. The topological polar surface area (TPSA) is 21.3 Å². The summed E-state index contributed by atoms with van der Waals surface area (Å²) in [4.78, 5) is 0. The Kier molecular flexibility index (Phi) is 5.55. The average molecular weight is 344 g/mol. The maximum Gasteiger partial charge on any atom is 0.416 e. The molecule has 0 spiro atoms. The lowest BCUT2D eigenvalue weighted by Crippen LogP contribution is -2.23. The summed E-state index contributed by atoms with van der Waals surface area (Å²) < 4.78 is 43.6. The third kappa shape index (κ3) is 4.18. The third-order valence-corrected chi connectivity index (χ3v) is 3.76. The molecule has 1 aliphatic heterocycles. The molecule has 124 valence electrons.